The van der Waals surface area contributed by atoms with Gasteiger partial charge in [0.25, 0.3) is 0 Å². The van der Waals surface area contributed by atoms with Gasteiger partial charge < -0.3 is 15.3 Å². The topological polar surface area (TPSA) is 55.8 Å². The molecule has 3 unspecified atom stereocenters. The molecular formula is C16H31N3O2. The van der Waals surface area contributed by atoms with Crippen LogP contribution in [0.5, 0.6) is 0 Å². The highest BCUT2D eigenvalue weighted by Crippen LogP contribution is 2.28. The maximum atomic E-state index is 11.6. The standard InChI is InChI=1S/C16H31N3O2/c1-4-9-17-16(2,15(20)21)8-11-19-10-7-13-5-6-14(12-19)18(13)3/h13-14,17H,4-12H2,1-3H3,(H,20,21). The number of carboxylic acids is 1. The second-order valence-electron chi connectivity index (χ2n) is 6.95. The summed E-state index contributed by atoms with van der Waals surface area (Å²) >= 11 is 0. The molecule has 2 N–H and O–H groups in total. The Morgan fingerprint density at radius 1 is 1.33 bits per heavy atom. The van der Waals surface area contributed by atoms with Gasteiger partial charge in [-0.25, -0.2) is 0 Å². The van der Waals surface area contributed by atoms with Crippen LogP contribution in [0.4, 0.5) is 0 Å². The lowest BCUT2D eigenvalue weighted by Crippen LogP contribution is -2.52. The highest BCUT2D eigenvalue weighted by atomic mass is 16.4. The summed E-state index contributed by atoms with van der Waals surface area (Å²) in [6.07, 6.45) is 5.48. The summed E-state index contributed by atoms with van der Waals surface area (Å²) in [5.41, 5.74) is -0.798. The Balaban J connectivity index is 1.87. The predicted molar refractivity (Wildman–Crippen MR) is 84.6 cm³/mol. The van der Waals surface area contributed by atoms with Crippen LogP contribution in [0.15, 0.2) is 0 Å². The van der Waals surface area contributed by atoms with Crippen LogP contribution in [0.2, 0.25) is 0 Å². The summed E-state index contributed by atoms with van der Waals surface area (Å²) in [5, 5.41) is 12.7. The van der Waals surface area contributed by atoms with E-state index >= 15 is 0 Å². The Morgan fingerprint density at radius 2 is 2.05 bits per heavy atom. The Labute approximate surface area is 128 Å². The van der Waals surface area contributed by atoms with Crippen molar-refractivity contribution in [1.82, 2.24) is 15.1 Å². The van der Waals surface area contributed by atoms with Gasteiger partial charge in [0.1, 0.15) is 5.54 Å². The molecule has 122 valence electrons. The molecule has 0 aliphatic carbocycles. The zero-order valence-electron chi connectivity index (χ0n) is 13.8. The van der Waals surface area contributed by atoms with Crippen molar-refractivity contribution in [2.24, 2.45) is 0 Å². The Morgan fingerprint density at radius 3 is 2.71 bits per heavy atom. The van der Waals surface area contributed by atoms with Gasteiger partial charge in [-0.2, -0.15) is 0 Å². The van der Waals surface area contributed by atoms with Crippen molar-refractivity contribution in [3.05, 3.63) is 0 Å². The van der Waals surface area contributed by atoms with Gasteiger partial charge in [0.15, 0.2) is 0 Å². The van der Waals surface area contributed by atoms with Crippen LogP contribution in [0.25, 0.3) is 0 Å². The first-order valence-electron chi connectivity index (χ1n) is 8.39. The van der Waals surface area contributed by atoms with Crippen molar-refractivity contribution in [2.75, 3.05) is 33.2 Å². The largest absolute Gasteiger partial charge is 0.480 e. The minimum atomic E-state index is -0.798. The summed E-state index contributed by atoms with van der Waals surface area (Å²) in [6, 6.07) is 1.40. The third-order valence-corrected chi connectivity index (χ3v) is 5.40. The summed E-state index contributed by atoms with van der Waals surface area (Å²) in [5.74, 6) is -0.732. The van der Waals surface area contributed by atoms with E-state index in [1.54, 1.807) is 0 Å². The summed E-state index contributed by atoms with van der Waals surface area (Å²) < 4.78 is 0. The average molecular weight is 297 g/mol. The summed E-state index contributed by atoms with van der Waals surface area (Å²) in [4.78, 5) is 16.6. The zero-order valence-corrected chi connectivity index (χ0v) is 13.8. The lowest BCUT2D eigenvalue weighted by atomic mass is 9.97. The maximum absolute atomic E-state index is 11.6. The highest BCUT2D eigenvalue weighted by Gasteiger charge is 2.36. The number of nitrogens with one attached hydrogen (secondary N) is 1. The number of rotatable bonds is 7. The van der Waals surface area contributed by atoms with Gasteiger partial charge in [0.05, 0.1) is 0 Å². The lowest BCUT2D eigenvalue weighted by Gasteiger charge is -2.31. The molecule has 21 heavy (non-hydrogen) atoms. The Hall–Kier alpha value is -0.650. The molecule has 2 bridgehead atoms. The zero-order chi connectivity index (χ0) is 15.5. The van der Waals surface area contributed by atoms with E-state index in [-0.39, 0.29) is 0 Å². The first-order chi connectivity index (χ1) is 9.96. The normalized spacial score (nSPS) is 30.0. The fourth-order valence-electron chi connectivity index (χ4n) is 3.64. The van der Waals surface area contributed by atoms with Crippen LogP contribution in [-0.4, -0.2) is 71.7 Å². The monoisotopic (exact) mass is 297 g/mol. The van der Waals surface area contributed by atoms with E-state index in [1.165, 1.54) is 19.3 Å². The second kappa shape index (κ2) is 7.07. The van der Waals surface area contributed by atoms with E-state index in [4.69, 9.17) is 0 Å². The minimum Gasteiger partial charge on any atom is -0.480 e. The number of fused-ring (bicyclic) bond motifs is 2. The van der Waals surface area contributed by atoms with Crippen molar-refractivity contribution in [3.63, 3.8) is 0 Å². The molecule has 5 nitrogen and oxygen atoms in total. The molecule has 2 saturated heterocycles. The fourth-order valence-corrected chi connectivity index (χ4v) is 3.64. The molecule has 0 aromatic rings. The van der Waals surface area contributed by atoms with Gasteiger partial charge in [-0.1, -0.05) is 6.92 Å². The number of nitrogens with zero attached hydrogens (tertiary/aromatic N) is 2. The van der Waals surface area contributed by atoms with Crippen LogP contribution >= 0.6 is 0 Å². The first-order valence-corrected chi connectivity index (χ1v) is 8.39. The van der Waals surface area contributed by atoms with Crippen molar-refractivity contribution in [1.29, 1.82) is 0 Å². The SMILES string of the molecule is CCCNC(C)(CCN1CCC2CCC(C1)N2C)C(=O)O. The molecule has 2 heterocycles. The number of carboxylic acid groups (broad SMARTS) is 1. The molecule has 0 aromatic carbocycles. The molecule has 0 aromatic heterocycles. The average Bonchev–Trinajstić information content (AvgIpc) is 2.69. The lowest BCUT2D eigenvalue weighted by molar-refractivity contribution is -0.144. The highest BCUT2D eigenvalue weighted by molar-refractivity contribution is 5.78. The molecule has 5 heteroatoms. The molecule has 0 radical (unpaired) electrons. The van der Waals surface area contributed by atoms with Gasteiger partial charge in [0.2, 0.25) is 0 Å². The fraction of sp³-hybridized carbons (Fsp3) is 0.938. The van der Waals surface area contributed by atoms with E-state index < -0.39 is 11.5 Å². The molecule has 0 spiro atoms. The predicted octanol–water partition coefficient (Wildman–Crippen LogP) is 1.39. The van der Waals surface area contributed by atoms with Crippen LogP contribution in [0.3, 0.4) is 0 Å². The second-order valence-corrected chi connectivity index (χ2v) is 6.95. The molecule has 2 aliphatic heterocycles. The van der Waals surface area contributed by atoms with E-state index in [9.17, 15) is 9.90 Å². The van der Waals surface area contributed by atoms with Crippen molar-refractivity contribution < 1.29 is 9.90 Å². The first kappa shape index (κ1) is 16.7. The minimum absolute atomic E-state index is 0.664. The summed E-state index contributed by atoms with van der Waals surface area (Å²) in [6.45, 7) is 7.72. The molecule has 0 amide bonds. The Kier molecular flexibility index (Phi) is 5.63. The number of carbonyl (C=O) groups is 1. The number of hydrogen-bond donors (Lipinski definition) is 2. The van der Waals surface area contributed by atoms with Gasteiger partial charge in [-0.15, -0.1) is 0 Å². The van der Waals surface area contributed by atoms with Gasteiger partial charge in [-0.05, 0) is 59.2 Å². The van der Waals surface area contributed by atoms with Crippen LogP contribution in [-0.2, 0) is 4.79 Å². The maximum Gasteiger partial charge on any atom is 0.323 e. The van der Waals surface area contributed by atoms with Gasteiger partial charge >= 0.3 is 5.97 Å². The number of likely N-dealkylation sites (tertiary alicyclic amines) is 1. The van der Waals surface area contributed by atoms with Crippen LogP contribution in [0, 0.1) is 0 Å². The van der Waals surface area contributed by atoms with Crippen molar-refractivity contribution in [3.8, 4) is 0 Å². The van der Waals surface area contributed by atoms with Crippen molar-refractivity contribution in [2.45, 2.75) is 63.6 Å². The quantitative estimate of drug-likeness (QED) is 0.744. The molecular weight excluding hydrogens is 266 g/mol. The van der Waals surface area contributed by atoms with E-state index in [1.807, 2.05) is 6.92 Å². The molecule has 0 saturated carbocycles. The van der Waals surface area contributed by atoms with E-state index in [2.05, 4.69) is 29.1 Å². The van der Waals surface area contributed by atoms with E-state index in [0.29, 0.717) is 12.5 Å². The summed E-state index contributed by atoms with van der Waals surface area (Å²) in [7, 11) is 2.25. The number of likely N-dealkylation sites (N-methyl/N-ethyl adjacent to an activating group) is 1. The van der Waals surface area contributed by atoms with E-state index in [0.717, 1.165) is 38.6 Å². The number of aliphatic carboxylic acids is 1. The molecule has 3 atom stereocenters. The molecule has 2 fully saturated rings. The van der Waals surface area contributed by atoms with Crippen LogP contribution < -0.4 is 5.32 Å². The van der Waals surface area contributed by atoms with Crippen LogP contribution in [0.1, 0.15) is 46.0 Å². The van der Waals surface area contributed by atoms with Gasteiger partial charge in [0, 0.05) is 25.2 Å². The third-order valence-electron chi connectivity index (χ3n) is 5.40. The third kappa shape index (κ3) is 3.96. The molecule has 2 aliphatic rings. The Bertz CT molecular complexity index is 363. The molecule has 2 rings (SSSR count). The number of hydrogen-bond acceptors (Lipinski definition) is 4. The van der Waals surface area contributed by atoms with Crippen molar-refractivity contribution >= 4 is 5.97 Å². The smallest absolute Gasteiger partial charge is 0.323 e. The van der Waals surface area contributed by atoms with Gasteiger partial charge in [-0.3, -0.25) is 9.69 Å².